The van der Waals surface area contributed by atoms with E-state index in [-0.39, 0.29) is 0 Å². The number of aromatic nitrogens is 2. The Balaban J connectivity index is 2.49. The van der Waals surface area contributed by atoms with Gasteiger partial charge in [-0.3, -0.25) is 4.68 Å². The van der Waals surface area contributed by atoms with Crippen molar-refractivity contribution in [2.24, 2.45) is 0 Å². The van der Waals surface area contributed by atoms with Crippen molar-refractivity contribution in [3.63, 3.8) is 0 Å². The highest BCUT2D eigenvalue weighted by Crippen LogP contribution is 2.31. The summed E-state index contributed by atoms with van der Waals surface area (Å²) in [5.74, 6) is 0.333. The first-order valence-corrected chi connectivity index (χ1v) is 6.12. The summed E-state index contributed by atoms with van der Waals surface area (Å²) in [5, 5.41) is 14.7. The van der Waals surface area contributed by atoms with Crippen molar-refractivity contribution in [3.05, 3.63) is 36.0 Å². The van der Waals surface area contributed by atoms with Crippen LogP contribution in [0.15, 0.2) is 30.3 Å². The SMILES string of the molecule is CCCc1c(O)c(-c2ccccc2)nn1CC. The molecular formula is C14H18N2O. The molecule has 17 heavy (non-hydrogen) atoms. The van der Waals surface area contributed by atoms with E-state index in [4.69, 9.17) is 0 Å². The molecule has 0 radical (unpaired) electrons. The summed E-state index contributed by atoms with van der Waals surface area (Å²) < 4.78 is 1.89. The van der Waals surface area contributed by atoms with Gasteiger partial charge in [-0.1, -0.05) is 43.7 Å². The molecule has 1 N–H and O–H groups in total. The van der Waals surface area contributed by atoms with E-state index in [2.05, 4.69) is 12.0 Å². The molecule has 0 saturated carbocycles. The smallest absolute Gasteiger partial charge is 0.164 e. The quantitative estimate of drug-likeness (QED) is 0.875. The molecule has 3 heteroatoms. The molecule has 90 valence electrons. The average molecular weight is 230 g/mol. The largest absolute Gasteiger partial charge is 0.504 e. The summed E-state index contributed by atoms with van der Waals surface area (Å²) in [6.07, 6.45) is 1.87. The van der Waals surface area contributed by atoms with Gasteiger partial charge in [0, 0.05) is 12.1 Å². The molecule has 1 aromatic carbocycles. The van der Waals surface area contributed by atoms with Gasteiger partial charge in [-0.25, -0.2) is 0 Å². The van der Waals surface area contributed by atoms with Crippen LogP contribution >= 0.6 is 0 Å². The van der Waals surface area contributed by atoms with Crippen molar-refractivity contribution < 1.29 is 5.11 Å². The molecule has 1 heterocycles. The summed E-state index contributed by atoms with van der Waals surface area (Å²) in [6.45, 7) is 4.94. The Hall–Kier alpha value is -1.77. The maximum atomic E-state index is 10.2. The van der Waals surface area contributed by atoms with E-state index in [0.717, 1.165) is 30.6 Å². The number of benzene rings is 1. The molecule has 0 fully saturated rings. The van der Waals surface area contributed by atoms with Crippen LogP contribution in [0.2, 0.25) is 0 Å². The third-order valence-electron chi connectivity index (χ3n) is 2.86. The molecule has 0 aliphatic carbocycles. The van der Waals surface area contributed by atoms with E-state index in [1.807, 2.05) is 41.9 Å². The Morgan fingerprint density at radius 2 is 1.88 bits per heavy atom. The van der Waals surface area contributed by atoms with Gasteiger partial charge < -0.3 is 5.11 Å². The molecule has 3 nitrogen and oxygen atoms in total. The maximum Gasteiger partial charge on any atom is 0.164 e. The van der Waals surface area contributed by atoms with Gasteiger partial charge in [0.15, 0.2) is 5.75 Å². The molecule has 1 aromatic heterocycles. The first kappa shape index (κ1) is 11.7. The molecule has 0 atom stereocenters. The molecule has 0 saturated heterocycles. The number of hydrogen-bond donors (Lipinski definition) is 1. The second kappa shape index (κ2) is 5.04. The second-order valence-corrected chi connectivity index (χ2v) is 4.08. The molecule has 0 spiro atoms. The highest BCUT2D eigenvalue weighted by molar-refractivity contribution is 5.67. The monoisotopic (exact) mass is 230 g/mol. The van der Waals surface area contributed by atoms with Crippen LogP contribution in [-0.4, -0.2) is 14.9 Å². The topological polar surface area (TPSA) is 38.1 Å². The van der Waals surface area contributed by atoms with Gasteiger partial charge in [0.05, 0.1) is 5.69 Å². The van der Waals surface area contributed by atoms with Crippen molar-refractivity contribution >= 4 is 0 Å². The maximum absolute atomic E-state index is 10.2. The van der Waals surface area contributed by atoms with E-state index in [9.17, 15) is 5.11 Å². The van der Waals surface area contributed by atoms with Crippen LogP contribution in [0.1, 0.15) is 26.0 Å². The minimum absolute atomic E-state index is 0.333. The Morgan fingerprint density at radius 3 is 2.47 bits per heavy atom. The van der Waals surface area contributed by atoms with Gasteiger partial charge in [-0.05, 0) is 13.3 Å². The molecule has 2 aromatic rings. The standard InChI is InChI=1S/C14H18N2O/c1-3-8-12-14(17)13(15-16(12)4-2)11-9-6-5-7-10-11/h5-7,9-10,17H,3-4,8H2,1-2H3. The van der Waals surface area contributed by atoms with Gasteiger partial charge in [0.1, 0.15) is 5.69 Å². The molecule has 0 aliphatic heterocycles. The lowest BCUT2D eigenvalue weighted by Crippen LogP contribution is -2.02. The average Bonchev–Trinajstić information content (AvgIpc) is 2.69. The fourth-order valence-corrected chi connectivity index (χ4v) is 2.02. The predicted octanol–water partition coefficient (Wildman–Crippen LogP) is 3.23. The Kier molecular flexibility index (Phi) is 3.47. The second-order valence-electron chi connectivity index (χ2n) is 4.08. The molecular weight excluding hydrogens is 212 g/mol. The lowest BCUT2D eigenvalue weighted by atomic mass is 10.1. The van der Waals surface area contributed by atoms with Crippen molar-refractivity contribution in [1.29, 1.82) is 0 Å². The fraction of sp³-hybridized carbons (Fsp3) is 0.357. The molecule has 0 unspecified atom stereocenters. The van der Waals surface area contributed by atoms with Crippen LogP contribution < -0.4 is 0 Å². The number of hydrogen-bond acceptors (Lipinski definition) is 2. The normalized spacial score (nSPS) is 10.7. The first-order chi connectivity index (χ1) is 8.27. The third-order valence-corrected chi connectivity index (χ3v) is 2.86. The van der Waals surface area contributed by atoms with Crippen molar-refractivity contribution in [2.75, 3.05) is 0 Å². The van der Waals surface area contributed by atoms with Crippen LogP contribution in [0, 0.1) is 0 Å². The molecule has 2 rings (SSSR count). The van der Waals surface area contributed by atoms with Crippen LogP contribution in [0.5, 0.6) is 5.75 Å². The fourth-order valence-electron chi connectivity index (χ4n) is 2.02. The van der Waals surface area contributed by atoms with Gasteiger partial charge in [-0.2, -0.15) is 5.10 Å². The minimum atomic E-state index is 0.333. The zero-order valence-corrected chi connectivity index (χ0v) is 10.3. The highest BCUT2D eigenvalue weighted by Gasteiger charge is 2.16. The van der Waals surface area contributed by atoms with Crippen LogP contribution in [0.25, 0.3) is 11.3 Å². The molecule has 0 bridgehead atoms. The zero-order chi connectivity index (χ0) is 12.3. The van der Waals surface area contributed by atoms with Gasteiger partial charge in [-0.15, -0.1) is 0 Å². The minimum Gasteiger partial charge on any atom is -0.504 e. The lowest BCUT2D eigenvalue weighted by Gasteiger charge is -2.02. The summed E-state index contributed by atoms with van der Waals surface area (Å²) in [4.78, 5) is 0. The summed E-state index contributed by atoms with van der Waals surface area (Å²) >= 11 is 0. The summed E-state index contributed by atoms with van der Waals surface area (Å²) in [7, 11) is 0. The van der Waals surface area contributed by atoms with Gasteiger partial charge in [0.25, 0.3) is 0 Å². The van der Waals surface area contributed by atoms with Crippen LogP contribution in [-0.2, 0) is 13.0 Å². The van der Waals surface area contributed by atoms with Crippen molar-refractivity contribution in [2.45, 2.75) is 33.2 Å². The molecule has 0 amide bonds. The van der Waals surface area contributed by atoms with E-state index < -0.39 is 0 Å². The summed E-state index contributed by atoms with van der Waals surface area (Å²) in [6, 6.07) is 9.82. The van der Waals surface area contributed by atoms with Crippen LogP contribution in [0.3, 0.4) is 0 Å². The number of aromatic hydroxyl groups is 1. The van der Waals surface area contributed by atoms with Crippen molar-refractivity contribution in [1.82, 2.24) is 9.78 Å². The van der Waals surface area contributed by atoms with E-state index in [1.165, 1.54) is 0 Å². The zero-order valence-electron chi connectivity index (χ0n) is 10.3. The van der Waals surface area contributed by atoms with Gasteiger partial charge in [0.2, 0.25) is 0 Å². The Bertz CT molecular complexity index is 488. The van der Waals surface area contributed by atoms with E-state index in [0.29, 0.717) is 11.4 Å². The highest BCUT2D eigenvalue weighted by atomic mass is 16.3. The lowest BCUT2D eigenvalue weighted by molar-refractivity contribution is 0.464. The molecule has 0 aliphatic rings. The third kappa shape index (κ3) is 2.18. The van der Waals surface area contributed by atoms with Gasteiger partial charge >= 0.3 is 0 Å². The number of nitrogens with zero attached hydrogens (tertiary/aromatic N) is 2. The van der Waals surface area contributed by atoms with E-state index >= 15 is 0 Å². The number of rotatable bonds is 4. The summed E-state index contributed by atoms with van der Waals surface area (Å²) in [5.41, 5.74) is 2.60. The van der Waals surface area contributed by atoms with E-state index in [1.54, 1.807) is 0 Å². The predicted molar refractivity (Wildman–Crippen MR) is 69.0 cm³/mol. The first-order valence-electron chi connectivity index (χ1n) is 6.12. The Labute approximate surface area is 102 Å². The van der Waals surface area contributed by atoms with Crippen molar-refractivity contribution in [3.8, 4) is 17.0 Å². The van der Waals surface area contributed by atoms with Crippen LogP contribution in [0.4, 0.5) is 0 Å². The number of aryl methyl sites for hydroxylation is 1. The Morgan fingerprint density at radius 1 is 1.18 bits per heavy atom.